The monoisotopic (exact) mass is 287 g/mol. The van der Waals surface area contributed by atoms with E-state index in [4.69, 9.17) is 9.84 Å². The lowest BCUT2D eigenvalue weighted by Gasteiger charge is -2.38. The summed E-state index contributed by atoms with van der Waals surface area (Å²) in [4.78, 5) is 23.4. The van der Waals surface area contributed by atoms with E-state index in [1.54, 1.807) is 0 Å². The third-order valence-electron chi connectivity index (χ3n) is 3.67. The summed E-state index contributed by atoms with van der Waals surface area (Å²) < 4.78 is 5.00. The standard InChI is InChI=1S/C12H18N2O6/c1-2-4-14(5-3-8(16)13-12(14)19)11-10(18)9(17)7(6-15)20-11/h3,5,7,9-11,15,17-18H,2,4,6H2,1H3/p+1/t7-,9-,10-,11-,14?/m1/s1. The van der Waals surface area contributed by atoms with Gasteiger partial charge in [0.1, 0.15) is 18.4 Å². The van der Waals surface area contributed by atoms with E-state index in [1.165, 1.54) is 12.3 Å². The first kappa shape index (κ1) is 15.1. The number of carbonyl (C=O) groups excluding carboxylic acids is 2. The Morgan fingerprint density at radius 2 is 2.05 bits per heavy atom. The van der Waals surface area contributed by atoms with Crippen LogP contribution in [0.3, 0.4) is 0 Å². The topological polar surface area (TPSA) is 116 Å². The third kappa shape index (κ3) is 2.25. The Morgan fingerprint density at radius 3 is 2.55 bits per heavy atom. The number of aliphatic hydroxyl groups is 3. The van der Waals surface area contributed by atoms with Crippen molar-refractivity contribution in [1.82, 2.24) is 5.32 Å². The highest BCUT2D eigenvalue weighted by Crippen LogP contribution is 2.31. The van der Waals surface area contributed by atoms with Crippen molar-refractivity contribution in [3.05, 3.63) is 12.3 Å². The van der Waals surface area contributed by atoms with Crippen LogP contribution in [0.15, 0.2) is 12.3 Å². The van der Waals surface area contributed by atoms with E-state index in [0.717, 1.165) is 0 Å². The summed E-state index contributed by atoms with van der Waals surface area (Å²) in [5, 5.41) is 31.2. The summed E-state index contributed by atoms with van der Waals surface area (Å²) in [6.07, 6.45) is -1.47. The van der Waals surface area contributed by atoms with Crippen LogP contribution in [-0.2, 0) is 9.53 Å². The molecular weight excluding hydrogens is 268 g/mol. The van der Waals surface area contributed by atoms with Gasteiger partial charge in [-0.2, -0.15) is 4.48 Å². The molecule has 0 aromatic rings. The van der Waals surface area contributed by atoms with Gasteiger partial charge in [0, 0.05) is 0 Å². The van der Waals surface area contributed by atoms with Gasteiger partial charge >= 0.3 is 6.03 Å². The summed E-state index contributed by atoms with van der Waals surface area (Å²) >= 11 is 0. The van der Waals surface area contributed by atoms with Crippen LogP contribution >= 0.6 is 0 Å². The zero-order chi connectivity index (χ0) is 14.9. The molecule has 0 aliphatic carbocycles. The van der Waals surface area contributed by atoms with Crippen LogP contribution in [0.5, 0.6) is 0 Å². The zero-order valence-electron chi connectivity index (χ0n) is 11.1. The molecule has 1 saturated heterocycles. The van der Waals surface area contributed by atoms with Crippen molar-refractivity contribution in [3.8, 4) is 0 Å². The number of quaternary nitrogens is 1. The molecule has 2 aliphatic rings. The summed E-state index contributed by atoms with van der Waals surface area (Å²) in [5.74, 6) is -0.536. The van der Waals surface area contributed by atoms with Gasteiger partial charge in [-0.3, -0.25) is 4.79 Å². The Kier molecular flexibility index (Phi) is 4.21. The second kappa shape index (κ2) is 5.58. The van der Waals surface area contributed by atoms with Crippen molar-refractivity contribution in [1.29, 1.82) is 0 Å². The van der Waals surface area contributed by atoms with Crippen molar-refractivity contribution in [2.75, 3.05) is 13.2 Å². The normalized spacial score (nSPS) is 41.0. The van der Waals surface area contributed by atoms with Crippen molar-refractivity contribution in [3.63, 3.8) is 0 Å². The van der Waals surface area contributed by atoms with Crippen LogP contribution < -0.4 is 5.32 Å². The number of hydrogen-bond acceptors (Lipinski definition) is 6. The van der Waals surface area contributed by atoms with Gasteiger partial charge < -0.3 is 20.1 Å². The molecule has 2 rings (SSSR count). The first-order chi connectivity index (χ1) is 9.46. The van der Waals surface area contributed by atoms with E-state index >= 15 is 0 Å². The molecule has 2 heterocycles. The lowest BCUT2D eigenvalue weighted by atomic mass is 10.1. The fourth-order valence-electron chi connectivity index (χ4n) is 2.65. The largest absolute Gasteiger partial charge is 0.430 e. The first-order valence-electron chi connectivity index (χ1n) is 6.51. The summed E-state index contributed by atoms with van der Waals surface area (Å²) in [6.45, 7) is 1.67. The molecule has 0 spiro atoms. The van der Waals surface area contributed by atoms with Gasteiger partial charge in [0.2, 0.25) is 6.23 Å². The highest BCUT2D eigenvalue weighted by molar-refractivity contribution is 6.00. The minimum absolute atomic E-state index is 0.294. The number of ether oxygens (including phenoxy) is 1. The van der Waals surface area contributed by atoms with Crippen molar-refractivity contribution >= 4 is 11.9 Å². The average molecular weight is 287 g/mol. The Balaban J connectivity index is 2.36. The fraction of sp³-hybridized carbons (Fsp3) is 0.667. The average Bonchev–Trinajstić information content (AvgIpc) is 2.70. The number of imide groups is 1. The third-order valence-corrected chi connectivity index (χ3v) is 3.67. The fourth-order valence-corrected chi connectivity index (χ4v) is 2.65. The molecule has 8 nitrogen and oxygen atoms in total. The van der Waals surface area contributed by atoms with Crippen LogP contribution in [0.1, 0.15) is 13.3 Å². The molecule has 1 fully saturated rings. The smallest absolute Gasteiger partial charge is 0.394 e. The molecule has 0 aromatic carbocycles. The van der Waals surface area contributed by atoms with Gasteiger partial charge in [-0.05, 0) is 6.42 Å². The Hall–Kier alpha value is -1.32. The van der Waals surface area contributed by atoms with Gasteiger partial charge in [-0.1, -0.05) is 6.92 Å². The second-order valence-corrected chi connectivity index (χ2v) is 4.99. The zero-order valence-corrected chi connectivity index (χ0v) is 11.1. The van der Waals surface area contributed by atoms with E-state index in [9.17, 15) is 19.8 Å². The summed E-state index contributed by atoms with van der Waals surface area (Å²) in [7, 11) is 0. The molecule has 0 aromatic heterocycles. The van der Waals surface area contributed by atoms with Gasteiger partial charge in [0.15, 0.2) is 6.10 Å². The number of aliphatic hydroxyl groups excluding tert-OH is 3. The molecule has 3 amide bonds. The van der Waals surface area contributed by atoms with Crippen LogP contribution in [0, 0.1) is 0 Å². The lowest BCUT2D eigenvalue weighted by Crippen LogP contribution is -2.65. The maximum absolute atomic E-state index is 12.2. The number of nitrogens with zero attached hydrogens (tertiary/aromatic N) is 1. The predicted molar refractivity (Wildman–Crippen MR) is 65.9 cm³/mol. The van der Waals surface area contributed by atoms with Gasteiger partial charge in [-0.15, -0.1) is 0 Å². The van der Waals surface area contributed by atoms with Gasteiger partial charge in [0.25, 0.3) is 5.91 Å². The van der Waals surface area contributed by atoms with E-state index in [0.29, 0.717) is 13.0 Å². The van der Waals surface area contributed by atoms with Crippen molar-refractivity contribution in [2.24, 2.45) is 0 Å². The van der Waals surface area contributed by atoms with Gasteiger partial charge in [-0.25, -0.2) is 10.1 Å². The molecule has 112 valence electrons. The maximum Gasteiger partial charge on any atom is 0.430 e. The SMILES string of the molecule is CCC[N+]1([C@@H]2O[C@H](CO)[C@@H](O)[C@H]2O)C=CC(=O)NC1=O. The highest BCUT2D eigenvalue weighted by Gasteiger charge is 2.57. The maximum atomic E-state index is 12.2. The van der Waals surface area contributed by atoms with Crippen molar-refractivity contribution in [2.45, 2.75) is 37.9 Å². The number of urea groups is 1. The highest BCUT2D eigenvalue weighted by atomic mass is 16.6. The van der Waals surface area contributed by atoms with Crippen LogP contribution in [0.4, 0.5) is 4.79 Å². The minimum atomic E-state index is -1.33. The molecule has 1 unspecified atom stereocenters. The van der Waals surface area contributed by atoms with E-state index in [1.807, 2.05) is 6.92 Å². The van der Waals surface area contributed by atoms with Crippen molar-refractivity contribution < 1.29 is 34.1 Å². The van der Waals surface area contributed by atoms with Crippen LogP contribution in [-0.4, -0.2) is 69.4 Å². The quantitative estimate of drug-likeness (QED) is 0.464. The Labute approximate surface area is 115 Å². The van der Waals surface area contributed by atoms with Gasteiger partial charge in [0.05, 0.1) is 19.2 Å². The molecule has 2 aliphatic heterocycles. The van der Waals surface area contributed by atoms with Crippen LogP contribution in [0.2, 0.25) is 0 Å². The molecule has 20 heavy (non-hydrogen) atoms. The second-order valence-electron chi connectivity index (χ2n) is 4.99. The van der Waals surface area contributed by atoms with E-state index < -0.39 is 47.6 Å². The lowest BCUT2D eigenvalue weighted by molar-refractivity contribution is -0.855. The Bertz CT molecular complexity index is 440. The molecule has 5 atom stereocenters. The number of amides is 3. The summed E-state index contributed by atoms with van der Waals surface area (Å²) in [6, 6.07) is -0.616. The molecule has 0 bridgehead atoms. The molecule has 0 radical (unpaired) electrons. The van der Waals surface area contributed by atoms with E-state index in [2.05, 4.69) is 5.32 Å². The Morgan fingerprint density at radius 1 is 1.35 bits per heavy atom. The van der Waals surface area contributed by atoms with E-state index in [-0.39, 0.29) is 0 Å². The molecule has 8 heteroatoms. The van der Waals surface area contributed by atoms with Crippen LogP contribution in [0.25, 0.3) is 0 Å². The summed E-state index contributed by atoms with van der Waals surface area (Å²) in [5.41, 5.74) is 0. The number of nitrogens with one attached hydrogen (secondary N) is 1. The number of carbonyl (C=O) groups is 2. The molecule has 4 N–H and O–H groups in total. The predicted octanol–water partition coefficient (Wildman–Crippen LogP) is -1.58. The number of rotatable bonds is 4. The number of hydrogen-bond donors (Lipinski definition) is 4. The molecular formula is C12H19N2O6+. The minimum Gasteiger partial charge on any atom is -0.394 e. The molecule has 0 saturated carbocycles. The first-order valence-corrected chi connectivity index (χ1v) is 6.51.